The quantitative estimate of drug-likeness (QED) is 0.572. The first-order valence-electron chi connectivity index (χ1n) is 12.8. The van der Waals surface area contributed by atoms with Crippen molar-refractivity contribution in [3.63, 3.8) is 0 Å². The van der Waals surface area contributed by atoms with E-state index in [0.29, 0.717) is 24.6 Å². The van der Waals surface area contributed by atoms with Gasteiger partial charge in [-0.15, -0.1) is 11.3 Å². The van der Waals surface area contributed by atoms with E-state index >= 15 is 0 Å². The van der Waals surface area contributed by atoms with Gasteiger partial charge in [0.05, 0.1) is 5.39 Å². The number of aryl methyl sites for hydroxylation is 3. The first kappa shape index (κ1) is 24.0. The molecule has 1 aliphatic heterocycles. The van der Waals surface area contributed by atoms with Crippen molar-refractivity contribution < 1.29 is 4.79 Å². The molecule has 1 fully saturated rings. The molecule has 1 saturated heterocycles. The number of H-pyrrole nitrogens is 1. The second kappa shape index (κ2) is 9.41. The van der Waals surface area contributed by atoms with Gasteiger partial charge in [-0.2, -0.15) is 0 Å². The molecule has 2 aliphatic rings. The average molecular weight is 493 g/mol. The van der Waals surface area contributed by atoms with Crippen LogP contribution in [0, 0.1) is 18.3 Å². The van der Waals surface area contributed by atoms with Crippen LogP contribution < -0.4 is 10.5 Å². The van der Waals surface area contributed by atoms with E-state index in [1.54, 1.807) is 11.3 Å². The smallest absolute Gasteiger partial charge is 0.259 e. The maximum absolute atomic E-state index is 13.0. The van der Waals surface area contributed by atoms with Crippen molar-refractivity contribution in [3.05, 3.63) is 56.4 Å². The van der Waals surface area contributed by atoms with Crippen molar-refractivity contribution in [2.45, 2.75) is 59.8 Å². The molecule has 0 unspecified atom stereocenters. The molecule has 1 aromatic carbocycles. The van der Waals surface area contributed by atoms with Gasteiger partial charge in [-0.05, 0) is 60.8 Å². The number of amides is 1. The van der Waals surface area contributed by atoms with E-state index in [1.807, 2.05) is 4.90 Å². The maximum atomic E-state index is 13.0. The minimum atomic E-state index is -0.0454. The lowest BCUT2D eigenvalue weighted by atomic mass is 9.72. The summed E-state index contributed by atoms with van der Waals surface area (Å²) in [6.45, 7) is 12.1. The number of aromatic amines is 1. The third-order valence-electron chi connectivity index (χ3n) is 7.77. The Morgan fingerprint density at radius 2 is 1.97 bits per heavy atom. The molecule has 35 heavy (non-hydrogen) atoms. The highest BCUT2D eigenvalue weighted by Gasteiger charge is 2.31. The largest absolute Gasteiger partial charge is 0.368 e. The fraction of sp³-hybridized carbons (Fsp3) is 0.536. The summed E-state index contributed by atoms with van der Waals surface area (Å²) in [6, 6.07) is 8.52. The van der Waals surface area contributed by atoms with E-state index in [2.05, 4.69) is 61.8 Å². The SMILES string of the molecule is Cc1cccc(N2CCN(C(=O)CCc3nc4sc5c(c4c(=O)[nH]3)CC[C@@H](C(C)(C)C)C5)CC2)c1. The number of benzene rings is 1. The average Bonchev–Trinajstić information content (AvgIpc) is 3.20. The van der Waals surface area contributed by atoms with E-state index < -0.39 is 0 Å². The summed E-state index contributed by atoms with van der Waals surface area (Å²) in [6.07, 6.45) is 3.94. The number of anilines is 1. The Bertz CT molecular complexity index is 1290. The molecule has 3 aromatic rings. The molecule has 5 rings (SSSR count). The first-order chi connectivity index (χ1) is 16.7. The van der Waals surface area contributed by atoms with Gasteiger partial charge in [0.15, 0.2) is 0 Å². The van der Waals surface area contributed by atoms with Crippen LogP contribution in [0.3, 0.4) is 0 Å². The molecular formula is C28H36N4O2S. The summed E-state index contributed by atoms with van der Waals surface area (Å²) >= 11 is 1.68. The number of nitrogens with zero attached hydrogens (tertiary/aromatic N) is 3. The Hall–Kier alpha value is -2.67. The van der Waals surface area contributed by atoms with Crippen LogP contribution in [-0.4, -0.2) is 47.0 Å². The molecule has 0 spiro atoms. The minimum Gasteiger partial charge on any atom is -0.368 e. The van der Waals surface area contributed by atoms with E-state index in [-0.39, 0.29) is 16.9 Å². The summed E-state index contributed by atoms with van der Waals surface area (Å²) in [5, 5.41) is 0.778. The molecule has 1 atom stereocenters. The molecule has 2 aromatic heterocycles. The zero-order chi connectivity index (χ0) is 24.7. The fourth-order valence-corrected chi connectivity index (χ4v) is 6.83. The van der Waals surface area contributed by atoms with Crippen LogP contribution in [0.1, 0.15) is 55.4 Å². The summed E-state index contributed by atoms with van der Waals surface area (Å²) < 4.78 is 0. The highest BCUT2D eigenvalue weighted by molar-refractivity contribution is 7.18. The number of carbonyl (C=O) groups excluding carboxylic acids is 1. The number of hydrogen-bond acceptors (Lipinski definition) is 5. The number of nitrogens with one attached hydrogen (secondary N) is 1. The monoisotopic (exact) mass is 492 g/mol. The molecule has 1 amide bonds. The molecule has 1 aliphatic carbocycles. The number of carbonyl (C=O) groups is 1. The standard InChI is InChI=1S/C28H36N4O2S/c1-18-6-5-7-20(16-18)31-12-14-32(15-13-31)24(33)11-10-23-29-26(34)25-21-9-8-19(28(2,3)4)17-22(21)35-27(25)30-23/h5-7,16,19H,8-15,17H2,1-4H3,(H,29,30,34)/t19-/m1/s1. The van der Waals surface area contributed by atoms with E-state index in [1.165, 1.54) is 21.7 Å². The number of aromatic nitrogens is 2. The lowest BCUT2D eigenvalue weighted by Gasteiger charge is -2.36. The Kier molecular flexibility index (Phi) is 6.47. The van der Waals surface area contributed by atoms with Crippen LogP contribution in [0.4, 0.5) is 5.69 Å². The van der Waals surface area contributed by atoms with Crippen molar-refractivity contribution in [2.24, 2.45) is 11.3 Å². The predicted molar refractivity (Wildman–Crippen MR) is 144 cm³/mol. The predicted octanol–water partition coefficient (Wildman–Crippen LogP) is 4.73. The van der Waals surface area contributed by atoms with Gasteiger partial charge in [-0.25, -0.2) is 4.98 Å². The van der Waals surface area contributed by atoms with Crippen molar-refractivity contribution in [2.75, 3.05) is 31.1 Å². The Labute approximate surface area is 211 Å². The first-order valence-corrected chi connectivity index (χ1v) is 13.6. The minimum absolute atomic E-state index is 0.0454. The van der Waals surface area contributed by atoms with Gasteiger partial charge in [-0.1, -0.05) is 32.9 Å². The second-order valence-corrected chi connectivity index (χ2v) is 12.3. The molecule has 6 nitrogen and oxygen atoms in total. The lowest BCUT2D eigenvalue weighted by Crippen LogP contribution is -2.48. The third-order valence-corrected chi connectivity index (χ3v) is 8.92. The third kappa shape index (κ3) is 5.01. The topological polar surface area (TPSA) is 69.3 Å². The van der Waals surface area contributed by atoms with Crippen LogP contribution in [0.25, 0.3) is 10.2 Å². The summed E-state index contributed by atoms with van der Waals surface area (Å²) in [4.78, 5) is 40.1. The molecular weight excluding hydrogens is 456 g/mol. The van der Waals surface area contributed by atoms with Crippen molar-refractivity contribution >= 4 is 33.1 Å². The summed E-state index contributed by atoms with van der Waals surface area (Å²) in [5.74, 6) is 1.39. The van der Waals surface area contributed by atoms with E-state index in [0.717, 1.165) is 55.7 Å². The normalized spacial score (nSPS) is 18.7. The lowest BCUT2D eigenvalue weighted by molar-refractivity contribution is -0.131. The number of hydrogen-bond donors (Lipinski definition) is 1. The van der Waals surface area contributed by atoms with Crippen LogP contribution in [0.15, 0.2) is 29.1 Å². The van der Waals surface area contributed by atoms with Crippen molar-refractivity contribution in [1.82, 2.24) is 14.9 Å². The summed E-state index contributed by atoms with van der Waals surface area (Å²) in [5.41, 5.74) is 3.90. The number of fused-ring (bicyclic) bond motifs is 3. The van der Waals surface area contributed by atoms with Gasteiger partial charge < -0.3 is 14.8 Å². The fourth-order valence-electron chi connectivity index (χ4n) is 5.51. The van der Waals surface area contributed by atoms with Crippen molar-refractivity contribution in [3.8, 4) is 0 Å². The van der Waals surface area contributed by atoms with Crippen LogP contribution in [0.5, 0.6) is 0 Å². The number of thiophene rings is 1. The molecule has 1 N–H and O–H groups in total. The van der Waals surface area contributed by atoms with Crippen LogP contribution in [-0.2, 0) is 24.1 Å². The van der Waals surface area contributed by atoms with Gasteiger partial charge in [-0.3, -0.25) is 9.59 Å². The highest BCUT2D eigenvalue weighted by atomic mass is 32.1. The summed E-state index contributed by atoms with van der Waals surface area (Å²) in [7, 11) is 0. The van der Waals surface area contributed by atoms with Gasteiger partial charge in [0.2, 0.25) is 5.91 Å². The van der Waals surface area contributed by atoms with Gasteiger partial charge in [0, 0.05) is 49.6 Å². The Morgan fingerprint density at radius 1 is 1.20 bits per heavy atom. The molecule has 0 bridgehead atoms. The molecule has 186 valence electrons. The van der Waals surface area contributed by atoms with Crippen LogP contribution >= 0.6 is 11.3 Å². The van der Waals surface area contributed by atoms with Gasteiger partial charge in [0.25, 0.3) is 5.56 Å². The van der Waals surface area contributed by atoms with E-state index in [4.69, 9.17) is 4.98 Å². The maximum Gasteiger partial charge on any atom is 0.259 e. The van der Waals surface area contributed by atoms with Crippen molar-refractivity contribution in [1.29, 1.82) is 0 Å². The molecule has 0 saturated carbocycles. The zero-order valence-corrected chi connectivity index (χ0v) is 22.1. The van der Waals surface area contributed by atoms with Crippen LogP contribution in [0.2, 0.25) is 0 Å². The Balaban J connectivity index is 1.22. The number of piperazine rings is 1. The number of rotatable bonds is 4. The van der Waals surface area contributed by atoms with Gasteiger partial charge >= 0.3 is 0 Å². The Morgan fingerprint density at radius 3 is 2.69 bits per heavy atom. The highest BCUT2D eigenvalue weighted by Crippen LogP contribution is 2.42. The molecule has 7 heteroatoms. The zero-order valence-electron chi connectivity index (χ0n) is 21.3. The van der Waals surface area contributed by atoms with E-state index in [9.17, 15) is 9.59 Å². The molecule has 3 heterocycles. The second-order valence-electron chi connectivity index (χ2n) is 11.2. The van der Waals surface area contributed by atoms with Gasteiger partial charge in [0.1, 0.15) is 10.7 Å². The molecule has 0 radical (unpaired) electrons.